The van der Waals surface area contributed by atoms with Crippen molar-refractivity contribution >= 4 is 5.97 Å². The van der Waals surface area contributed by atoms with Gasteiger partial charge < -0.3 is 5.11 Å². The Morgan fingerprint density at radius 3 is 1.63 bits per heavy atom. The number of alkyl halides is 3. The normalized spacial score (nSPS) is 39.4. The summed E-state index contributed by atoms with van der Waals surface area (Å²) in [5.41, 5.74) is -1.26. The van der Waals surface area contributed by atoms with Gasteiger partial charge in [-0.15, -0.1) is 0 Å². The summed E-state index contributed by atoms with van der Waals surface area (Å²) in [6, 6.07) is 0. The van der Waals surface area contributed by atoms with Crippen LogP contribution in [0.25, 0.3) is 0 Å². The summed E-state index contributed by atoms with van der Waals surface area (Å²) in [5, 5.41) is 7.60. The van der Waals surface area contributed by atoms with Gasteiger partial charge in [0.15, 0.2) is 0 Å². The first kappa shape index (κ1) is 14.4. The van der Waals surface area contributed by atoms with Crippen LogP contribution in [-0.4, -0.2) is 17.3 Å². The molecule has 4 bridgehead atoms. The molecule has 4 fully saturated rings. The number of hydrogen-bond acceptors (Lipinski definition) is 1. The highest BCUT2D eigenvalue weighted by Gasteiger charge is 2.63. The summed E-state index contributed by atoms with van der Waals surface area (Å²) in [6.07, 6.45) is 1.43. The highest BCUT2D eigenvalue weighted by Crippen LogP contribution is 2.65. The summed E-state index contributed by atoms with van der Waals surface area (Å²) < 4.78 is 39.0. The predicted octanol–water partition coefficient (Wildman–Crippen LogP) is 4.02. The molecule has 4 aliphatic carbocycles. The third kappa shape index (κ3) is 2.79. The summed E-state index contributed by atoms with van der Waals surface area (Å²) in [7, 11) is 0. The van der Waals surface area contributed by atoms with E-state index in [4.69, 9.17) is 5.11 Å². The molecule has 4 aliphatic rings. The fraction of sp³-hybridized carbons (Fsp3) is 0.786. The lowest BCUT2D eigenvalue weighted by molar-refractivity contribution is -0.273. The first-order valence-corrected chi connectivity index (χ1v) is 6.68. The van der Waals surface area contributed by atoms with Gasteiger partial charge in [-0.25, -0.2) is 4.79 Å². The van der Waals surface area contributed by atoms with Crippen molar-refractivity contribution in [3.05, 3.63) is 12.7 Å². The second-order valence-corrected chi connectivity index (χ2v) is 6.24. The molecule has 5 heteroatoms. The molecule has 0 aliphatic heterocycles. The lowest BCUT2D eigenvalue weighted by atomic mass is 9.49. The van der Waals surface area contributed by atoms with E-state index in [-0.39, 0.29) is 0 Å². The van der Waals surface area contributed by atoms with Crippen LogP contribution in [0.1, 0.15) is 38.5 Å². The minimum atomic E-state index is -3.94. The monoisotopic (exact) mass is 276 g/mol. The molecule has 2 nitrogen and oxygen atoms in total. The second-order valence-electron chi connectivity index (χ2n) is 6.24. The smallest absolute Gasteiger partial charge is 0.394 e. The maximum atomic E-state index is 13.0. The van der Waals surface area contributed by atoms with Gasteiger partial charge in [-0.05, 0) is 56.3 Å². The van der Waals surface area contributed by atoms with Gasteiger partial charge in [0.2, 0.25) is 0 Å². The van der Waals surface area contributed by atoms with Crippen LogP contribution >= 0.6 is 0 Å². The van der Waals surface area contributed by atoms with E-state index in [1.54, 1.807) is 0 Å². The van der Waals surface area contributed by atoms with Crippen LogP contribution in [0.15, 0.2) is 12.7 Å². The van der Waals surface area contributed by atoms with E-state index in [0.717, 1.165) is 25.3 Å². The maximum absolute atomic E-state index is 13.0. The van der Waals surface area contributed by atoms with Crippen LogP contribution in [-0.2, 0) is 4.79 Å². The van der Waals surface area contributed by atoms with Gasteiger partial charge in [0.05, 0.1) is 5.41 Å². The minimum absolute atomic E-state index is 0.392. The summed E-state index contributed by atoms with van der Waals surface area (Å²) in [5.74, 6) is 0.193. The molecule has 0 amide bonds. The topological polar surface area (TPSA) is 37.3 Å². The predicted molar refractivity (Wildman–Crippen MR) is 64.5 cm³/mol. The summed E-state index contributed by atoms with van der Waals surface area (Å²) in [6.45, 7) is 2.96. The molecule has 108 valence electrons. The van der Waals surface area contributed by atoms with Crippen molar-refractivity contribution in [2.45, 2.75) is 44.7 Å². The first-order chi connectivity index (χ1) is 8.75. The number of hydrogen-bond donors (Lipinski definition) is 1. The van der Waals surface area contributed by atoms with Gasteiger partial charge in [0, 0.05) is 6.08 Å². The quantitative estimate of drug-likeness (QED) is 0.734. The highest BCUT2D eigenvalue weighted by molar-refractivity contribution is 5.78. The molecule has 1 N–H and O–H groups in total. The largest absolute Gasteiger partial charge is 0.478 e. The molecular weight excluding hydrogens is 257 g/mol. The second kappa shape index (κ2) is 4.84. The van der Waals surface area contributed by atoms with E-state index < -0.39 is 17.6 Å². The SMILES string of the molecule is C=CC(=O)O.FC(F)(F)C12CC3CC(CC(C3)C1)C2. The Bertz CT molecular complexity index is 338. The highest BCUT2D eigenvalue weighted by atomic mass is 19.4. The van der Waals surface area contributed by atoms with E-state index in [0.29, 0.717) is 37.0 Å². The van der Waals surface area contributed by atoms with Gasteiger partial charge in [0.1, 0.15) is 0 Å². The van der Waals surface area contributed by atoms with Crippen molar-refractivity contribution in [3.63, 3.8) is 0 Å². The average molecular weight is 276 g/mol. The van der Waals surface area contributed by atoms with Gasteiger partial charge in [-0.2, -0.15) is 13.2 Å². The molecule has 0 aromatic carbocycles. The number of carbonyl (C=O) groups is 1. The van der Waals surface area contributed by atoms with Crippen molar-refractivity contribution in [1.82, 2.24) is 0 Å². The van der Waals surface area contributed by atoms with E-state index in [9.17, 15) is 18.0 Å². The maximum Gasteiger partial charge on any atom is 0.394 e. The number of halogens is 3. The summed E-state index contributed by atoms with van der Waals surface area (Å²) in [4.78, 5) is 9.25. The number of aliphatic carboxylic acids is 1. The zero-order chi connectivity index (χ0) is 14.3. The Morgan fingerprint density at radius 1 is 1.11 bits per heavy atom. The van der Waals surface area contributed by atoms with Crippen molar-refractivity contribution in [2.75, 3.05) is 0 Å². The molecule has 4 rings (SSSR count). The first-order valence-electron chi connectivity index (χ1n) is 6.68. The molecule has 19 heavy (non-hydrogen) atoms. The lowest BCUT2D eigenvalue weighted by Crippen LogP contribution is -2.53. The number of rotatable bonds is 1. The zero-order valence-electron chi connectivity index (χ0n) is 10.7. The molecular formula is C14H19F3O2. The molecule has 0 unspecified atom stereocenters. The minimum Gasteiger partial charge on any atom is -0.478 e. The van der Waals surface area contributed by atoms with Crippen molar-refractivity contribution in [2.24, 2.45) is 23.2 Å². The van der Waals surface area contributed by atoms with Crippen LogP contribution in [0.3, 0.4) is 0 Å². The van der Waals surface area contributed by atoms with Gasteiger partial charge in [-0.3, -0.25) is 0 Å². The van der Waals surface area contributed by atoms with Gasteiger partial charge >= 0.3 is 12.1 Å². The fourth-order valence-corrected chi connectivity index (χ4v) is 4.46. The number of carboxylic acids is 1. The molecule has 0 aromatic heterocycles. The Labute approximate surface area is 110 Å². The number of carboxylic acid groups (broad SMARTS) is 1. The van der Waals surface area contributed by atoms with Crippen LogP contribution in [0.5, 0.6) is 0 Å². The zero-order valence-corrected chi connectivity index (χ0v) is 10.7. The molecule has 4 saturated carbocycles. The Kier molecular flexibility index (Phi) is 3.67. The molecule has 0 heterocycles. The molecule has 0 aromatic rings. The lowest BCUT2D eigenvalue weighted by Gasteiger charge is -2.56. The van der Waals surface area contributed by atoms with E-state index >= 15 is 0 Å². The van der Waals surface area contributed by atoms with Gasteiger partial charge in [0.25, 0.3) is 0 Å². The molecule has 0 saturated heterocycles. The van der Waals surface area contributed by atoms with E-state index in [1.165, 1.54) is 0 Å². The van der Waals surface area contributed by atoms with E-state index in [2.05, 4.69) is 6.58 Å². The van der Waals surface area contributed by atoms with Crippen molar-refractivity contribution in [1.29, 1.82) is 0 Å². The molecule has 0 radical (unpaired) electrons. The average Bonchev–Trinajstić information content (AvgIpc) is 2.26. The fourth-order valence-electron chi connectivity index (χ4n) is 4.46. The Morgan fingerprint density at radius 2 is 1.42 bits per heavy atom. The van der Waals surface area contributed by atoms with Crippen molar-refractivity contribution < 1.29 is 23.1 Å². The van der Waals surface area contributed by atoms with Crippen LogP contribution in [0.4, 0.5) is 13.2 Å². The van der Waals surface area contributed by atoms with Crippen LogP contribution in [0.2, 0.25) is 0 Å². The summed E-state index contributed by atoms with van der Waals surface area (Å²) >= 11 is 0. The third-order valence-corrected chi connectivity index (χ3v) is 4.81. The van der Waals surface area contributed by atoms with Gasteiger partial charge in [-0.1, -0.05) is 6.58 Å². The van der Waals surface area contributed by atoms with Crippen molar-refractivity contribution in [3.8, 4) is 0 Å². The molecule has 0 spiro atoms. The third-order valence-electron chi connectivity index (χ3n) is 4.81. The van der Waals surface area contributed by atoms with E-state index in [1.807, 2.05) is 0 Å². The Balaban J connectivity index is 0.000000232. The Hall–Kier alpha value is -1.00. The standard InChI is InChI=1S/C11H15F3.C3H4O2/c12-11(13,14)10-4-7-1-8(5-10)3-9(2-7)6-10;1-2-3(4)5/h7-9H,1-6H2;2H,1H2,(H,4,5). The molecule has 0 atom stereocenters. The van der Waals surface area contributed by atoms with Crippen LogP contribution in [0, 0.1) is 23.2 Å². The van der Waals surface area contributed by atoms with Crippen LogP contribution < -0.4 is 0 Å².